The van der Waals surface area contributed by atoms with Crippen LogP contribution in [0.15, 0.2) is 58.9 Å². The molecular weight excluding hydrogens is 471 g/mol. The Labute approximate surface area is 163 Å². The van der Waals surface area contributed by atoms with Crippen LogP contribution >= 0.6 is 33.9 Å². The molecule has 0 aliphatic heterocycles. The summed E-state index contributed by atoms with van der Waals surface area (Å²) in [5.41, 5.74) is 2.36. The van der Waals surface area contributed by atoms with Crippen molar-refractivity contribution in [3.63, 3.8) is 0 Å². The lowest BCUT2D eigenvalue weighted by Gasteiger charge is -2.08. The Kier molecular flexibility index (Phi) is 5.21. The molecule has 2 heterocycles. The van der Waals surface area contributed by atoms with Crippen LogP contribution in [-0.4, -0.2) is 25.6 Å². The van der Waals surface area contributed by atoms with Crippen molar-refractivity contribution >= 4 is 55.4 Å². The fraction of sp³-hybridized carbons (Fsp3) is 0.0588. The fourth-order valence-corrected chi connectivity index (χ4v) is 4.59. The molecule has 2 aromatic heterocycles. The number of amides is 1. The summed E-state index contributed by atoms with van der Waals surface area (Å²) in [6.07, 6.45) is 2.84. The zero-order valence-electron chi connectivity index (χ0n) is 13.1. The highest BCUT2D eigenvalue weighted by Gasteiger charge is 2.15. The zero-order chi connectivity index (χ0) is 18.0. The van der Waals surface area contributed by atoms with Gasteiger partial charge in [-0.1, -0.05) is 6.07 Å². The molecule has 0 spiro atoms. The summed E-state index contributed by atoms with van der Waals surface area (Å²) >= 11 is 3.18. The van der Waals surface area contributed by atoms with Crippen LogP contribution in [0.1, 0.15) is 9.67 Å². The first-order valence-corrected chi connectivity index (χ1v) is 11.0. The van der Waals surface area contributed by atoms with E-state index in [4.69, 9.17) is 0 Å². The van der Waals surface area contributed by atoms with Crippen LogP contribution in [0.5, 0.6) is 0 Å². The van der Waals surface area contributed by atoms with Gasteiger partial charge in [-0.15, -0.1) is 11.3 Å². The number of carbonyl (C=O) groups is 1. The van der Waals surface area contributed by atoms with E-state index in [1.54, 1.807) is 12.3 Å². The molecule has 0 aliphatic carbocycles. The van der Waals surface area contributed by atoms with E-state index < -0.39 is 9.84 Å². The number of thiophene rings is 1. The highest BCUT2D eigenvalue weighted by Crippen LogP contribution is 2.28. The largest absolute Gasteiger partial charge is 0.321 e. The lowest BCUT2D eigenvalue weighted by atomic mass is 10.1. The summed E-state index contributed by atoms with van der Waals surface area (Å²) in [7, 11) is -3.31. The molecule has 1 N–H and O–H groups in total. The van der Waals surface area contributed by atoms with Gasteiger partial charge in [0.05, 0.1) is 10.6 Å². The normalized spacial score (nSPS) is 11.3. The maximum atomic E-state index is 12.4. The van der Waals surface area contributed by atoms with Crippen LogP contribution in [0.25, 0.3) is 11.3 Å². The number of hydrogen-bond donors (Lipinski definition) is 1. The molecular formula is C17H13IN2O3S2. The molecule has 8 heteroatoms. The van der Waals surface area contributed by atoms with Crippen molar-refractivity contribution in [1.29, 1.82) is 0 Å². The van der Waals surface area contributed by atoms with Gasteiger partial charge in [0.1, 0.15) is 4.21 Å². The van der Waals surface area contributed by atoms with Crippen molar-refractivity contribution in [2.45, 2.75) is 4.21 Å². The van der Waals surface area contributed by atoms with E-state index in [1.165, 1.54) is 12.1 Å². The Balaban J connectivity index is 1.86. The third kappa shape index (κ3) is 4.25. The number of anilines is 1. The van der Waals surface area contributed by atoms with Crippen LogP contribution in [0.2, 0.25) is 0 Å². The average molecular weight is 484 g/mol. The Hall–Kier alpha value is -1.78. The predicted octanol–water partition coefficient (Wildman–Crippen LogP) is 4.07. The molecule has 0 radical (unpaired) electrons. The first-order valence-electron chi connectivity index (χ1n) is 7.17. The second-order valence-corrected chi connectivity index (χ2v) is 9.74. The van der Waals surface area contributed by atoms with E-state index in [1.807, 2.05) is 30.3 Å². The molecule has 0 aliphatic rings. The summed E-state index contributed by atoms with van der Waals surface area (Å²) < 4.78 is 24.3. The van der Waals surface area contributed by atoms with Gasteiger partial charge in [0, 0.05) is 27.3 Å². The molecule has 25 heavy (non-hydrogen) atoms. The molecule has 128 valence electrons. The summed E-state index contributed by atoms with van der Waals surface area (Å²) in [6.45, 7) is 0. The van der Waals surface area contributed by atoms with Gasteiger partial charge in [-0.3, -0.25) is 9.78 Å². The van der Waals surface area contributed by atoms with Gasteiger partial charge >= 0.3 is 0 Å². The number of nitrogens with one attached hydrogen (secondary N) is 1. The molecule has 3 aromatic rings. The van der Waals surface area contributed by atoms with Crippen molar-refractivity contribution < 1.29 is 13.2 Å². The highest BCUT2D eigenvalue weighted by atomic mass is 127. The van der Waals surface area contributed by atoms with E-state index in [2.05, 4.69) is 32.9 Å². The summed E-state index contributed by atoms with van der Waals surface area (Å²) in [6, 6.07) is 14.2. The van der Waals surface area contributed by atoms with E-state index in [9.17, 15) is 13.2 Å². The monoisotopic (exact) mass is 484 g/mol. The molecule has 0 fully saturated rings. The SMILES string of the molecule is CS(=O)(=O)c1ccc(C(=O)Nc2ccc(I)c(-c3ccccn3)c2)s1. The van der Waals surface area contributed by atoms with Crippen molar-refractivity contribution in [1.82, 2.24) is 4.98 Å². The minimum absolute atomic E-state index is 0.175. The van der Waals surface area contributed by atoms with Crippen molar-refractivity contribution in [3.05, 3.63) is 63.2 Å². The number of benzene rings is 1. The Morgan fingerprint density at radius 3 is 2.60 bits per heavy atom. The number of hydrogen-bond acceptors (Lipinski definition) is 5. The van der Waals surface area contributed by atoms with Gasteiger partial charge < -0.3 is 5.32 Å². The quantitative estimate of drug-likeness (QED) is 0.567. The smallest absolute Gasteiger partial charge is 0.265 e. The molecule has 0 saturated carbocycles. The highest BCUT2D eigenvalue weighted by molar-refractivity contribution is 14.1. The Bertz CT molecular complexity index is 1030. The van der Waals surface area contributed by atoms with Crippen LogP contribution < -0.4 is 5.32 Å². The van der Waals surface area contributed by atoms with Crippen LogP contribution in [0.3, 0.4) is 0 Å². The van der Waals surface area contributed by atoms with Gasteiger partial charge in [0.25, 0.3) is 5.91 Å². The molecule has 0 bridgehead atoms. The number of sulfone groups is 1. The Morgan fingerprint density at radius 2 is 1.96 bits per heavy atom. The molecule has 0 saturated heterocycles. The number of nitrogens with zero attached hydrogens (tertiary/aromatic N) is 1. The average Bonchev–Trinajstić information content (AvgIpc) is 3.08. The van der Waals surface area contributed by atoms with Gasteiger partial charge in [-0.25, -0.2) is 8.42 Å². The molecule has 1 aromatic carbocycles. The minimum atomic E-state index is -3.31. The van der Waals surface area contributed by atoms with E-state index in [0.29, 0.717) is 10.6 Å². The second-order valence-electron chi connectivity index (χ2n) is 5.25. The number of aromatic nitrogens is 1. The van der Waals surface area contributed by atoms with E-state index in [0.717, 1.165) is 32.4 Å². The maximum Gasteiger partial charge on any atom is 0.265 e. The van der Waals surface area contributed by atoms with Gasteiger partial charge in [0.2, 0.25) is 0 Å². The number of rotatable bonds is 4. The standard InChI is InChI=1S/C17H13IN2O3S2/c1-25(22,23)16-8-7-15(24-16)17(21)20-11-5-6-13(18)12(10-11)14-4-2-3-9-19-14/h2-10H,1H3,(H,20,21). The number of carbonyl (C=O) groups excluding carboxylic acids is 1. The molecule has 5 nitrogen and oxygen atoms in total. The third-order valence-corrected chi connectivity index (χ3v) is 7.18. The van der Waals surface area contributed by atoms with Gasteiger partial charge in [-0.05, 0) is 65.1 Å². The maximum absolute atomic E-state index is 12.4. The van der Waals surface area contributed by atoms with Crippen LogP contribution in [-0.2, 0) is 9.84 Å². The van der Waals surface area contributed by atoms with E-state index in [-0.39, 0.29) is 10.1 Å². The molecule has 3 rings (SSSR count). The Morgan fingerprint density at radius 1 is 1.16 bits per heavy atom. The second kappa shape index (κ2) is 7.22. The fourth-order valence-electron chi connectivity index (χ4n) is 2.16. The number of halogens is 1. The summed E-state index contributed by atoms with van der Waals surface area (Å²) in [5.74, 6) is -0.340. The van der Waals surface area contributed by atoms with Crippen molar-refractivity contribution in [2.24, 2.45) is 0 Å². The lowest BCUT2D eigenvalue weighted by Crippen LogP contribution is -2.10. The summed E-state index contributed by atoms with van der Waals surface area (Å²) in [5, 5.41) is 2.81. The number of pyridine rings is 1. The minimum Gasteiger partial charge on any atom is -0.321 e. The van der Waals surface area contributed by atoms with Gasteiger partial charge in [-0.2, -0.15) is 0 Å². The molecule has 1 amide bonds. The zero-order valence-corrected chi connectivity index (χ0v) is 16.9. The van der Waals surface area contributed by atoms with Crippen LogP contribution in [0.4, 0.5) is 5.69 Å². The molecule has 0 unspecified atom stereocenters. The van der Waals surface area contributed by atoms with Crippen molar-refractivity contribution in [2.75, 3.05) is 11.6 Å². The van der Waals surface area contributed by atoms with Crippen LogP contribution in [0, 0.1) is 3.57 Å². The van der Waals surface area contributed by atoms with Crippen molar-refractivity contribution in [3.8, 4) is 11.3 Å². The first kappa shape index (κ1) is 18.0. The summed E-state index contributed by atoms with van der Waals surface area (Å²) in [4.78, 5) is 17.1. The topological polar surface area (TPSA) is 76.1 Å². The lowest BCUT2D eigenvalue weighted by molar-refractivity contribution is 0.103. The van der Waals surface area contributed by atoms with Gasteiger partial charge in [0.15, 0.2) is 9.84 Å². The molecule has 0 atom stereocenters. The third-order valence-electron chi connectivity index (χ3n) is 3.34. The predicted molar refractivity (Wildman–Crippen MR) is 108 cm³/mol. The van der Waals surface area contributed by atoms with E-state index >= 15 is 0 Å². The first-order chi connectivity index (χ1) is 11.8.